The molecule has 478 valence electrons. The predicted octanol–water partition coefficient (Wildman–Crippen LogP) is 19.2. The quantitative estimate of drug-likeness (QED) is 0.0899. The van der Waals surface area contributed by atoms with Crippen LogP contribution in [0.2, 0.25) is 0 Å². The van der Waals surface area contributed by atoms with Gasteiger partial charge < -0.3 is 28.3 Å². The summed E-state index contributed by atoms with van der Waals surface area (Å²) in [5.74, 6) is -19.3. The van der Waals surface area contributed by atoms with Crippen molar-refractivity contribution in [3.8, 4) is 22.6 Å². The summed E-state index contributed by atoms with van der Waals surface area (Å²) in [6.45, 7) is 13.4. The maximum atomic E-state index is 14.9. The van der Waals surface area contributed by atoms with Crippen LogP contribution in [0, 0.1) is 70.0 Å². The second kappa shape index (κ2) is 26.8. The van der Waals surface area contributed by atoms with Gasteiger partial charge in [0.25, 0.3) is 0 Å². The Morgan fingerprint density at radius 3 is 1.14 bits per heavy atom. The number of ether oxygens (including phenoxy) is 4. The number of benzene rings is 6. The number of alkyl halides is 10. The summed E-state index contributed by atoms with van der Waals surface area (Å²) in [6.07, 6.45) is -15.2. The molecule has 88 heavy (non-hydrogen) atoms. The molecular weight excluding hydrogens is 1290 g/mol. The number of halogens is 21. The lowest BCUT2D eigenvalue weighted by Gasteiger charge is -2.32. The van der Waals surface area contributed by atoms with Crippen molar-refractivity contribution in [3.63, 3.8) is 0 Å². The highest BCUT2D eigenvalue weighted by molar-refractivity contribution is 9.10. The maximum Gasteiger partial charge on any atom is 0.497 e. The van der Waals surface area contributed by atoms with Crippen LogP contribution < -0.4 is 14.9 Å². The van der Waals surface area contributed by atoms with Gasteiger partial charge >= 0.3 is 31.7 Å². The van der Waals surface area contributed by atoms with E-state index in [4.69, 9.17) is 18.8 Å². The molecular formula is C60H52BBrF20O6. The first-order chi connectivity index (χ1) is 40.8. The summed E-state index contributed by atoms with van der Waals surface area (Å²) in [7, 11) is -0.666. The fraction of sp³-hybridized carbons (Fsp3) is 0.400. The standard InChI is InChI=1S/C27H20F10O2.C19H28BFO3.C14H4BrF9O/c1-2-13-3-6-23(38-12-13)14-4-5-17(18(28)7-14)15-8-19(29)25(20(30)9-15)27(36,37)39-16-10-21(31)24(22(32)11-16)26(33,34)35;1-6-13-7-10-17(22-12-13)14-8-9-15(16(21)11-14)20-23-18(2,3)19(4,5)24-20;15-5-1-7(16)12(8(17)2-5)14(23,24)25-6-3-9(18)11(10(19)4-6)13(20,21)22/h4-5,7-11,13,23H,2-3,6,12H2,1H3;8-9,11,13,17H,6-7,10,12H2,1-5H3;1-4H. The summed E-state index contributed by atoms with van der Waals surface area (Å²) in [4.78, 5) is 0. The van der Waals surface area contributed by atoms with Gasteiger partial charge in [0.05, 0.1) is 36.6 Å². The van der Waals surface area contributed by atoms with Crippen molar-refractivity contribution in [3.05, 3.63) is 181 Å². The lowest BCUT2D eigenvalue weighted by atomic mass is 9.78. The Balaban J connectivity index is 0.000000197. The molecule has 3 aliphatic rings. The second-order valence-corrected chi connectivity index (χ2v) is 22.7. The molecule has 0 aromatic heterocycles. The van der Waals surface area contributed by atoms with Crippen LogP contribution in [0.25, 0.3) is 11.1 Å². The molecule has 28 heteroatoms. The normalized spacial score (nSPS) is 19.6. The van der Waals surface area contributed by atoms with Crippen molar-refractivity contribution in [2.24, 2.45) is 11.8 Å². The number of hydrogen-bond acceptors (Lipinski definition) is 6. The molecule has 3 fully saturated rings. The Morgan fingerprint density at radius 1 is 0.455 bits per heavy atom. The highest BCUT2D eigenvalue weighted by atomic mass is 79.9. The lowest BCUT2D eigenvalue weighted by Crippen LogP contribution is -2.41. The van der Waals surface area contributed by atoms with E-state index in [1.807, 2.05) is 40.7 Å². The molecule has 4 unspecified atom stereocenters. The van der Waals surface area contributed by atoms with Crippen LogP contribution in [0.15, 0.2) is 89.4 Å². The molecule has 0 N–H and O–H groups in total. The van der Waals surface area contributed by atoms with Gasteiger partial charge in [0.2, 0.25) is 0 Å². The van der Waals surface area contributed by atoms with E-state index in [9.17, 15) is 87.8 Å². The van der Waals surface area contributed by atoms with Gasteiger partial charge in [-0.3, -0.25) is 0 Å². The zero-order chi connectivity index (χ0) is 65.4. The molecule has 3 aliphatic heterocycles. The maximum absolute atomic E-state index is 14.9. The van der Waals surface area contributed by atoms with E-state index in [2.05, 4.69) is 32.3 Å². The molecule has 0 amide bonds. The van der Waals surface area contributed by atoms with Gasteiger partial charge in [-0.1, -0.05) is 66.9 Å². The SMILES string of the molecule is CCC1CCC(c2ccc(-c3cc(F)c(C(F)(F)Oc4cc(F)c(C(F)(F)F)c(F)c4)c(F)c3)c(F)c2)OC1.CCC1CCC(c2ccc(B3OC(C)(C)C(C)(C)O3)c(F)c2)OC1.Fc1cc(OC(F)(F)c2c(F)cc(Br)cc2F)cc(F)c1C(F)(F)F. The van der Waals surface area contributed by atoms with Crippen molar-refractivity contribution in [2.45, 2.75) is 128 Å². The second-order valence-electron chi connectivity index (χ2n) is 21.8. The van der Waals surface area contributed by atoms with Crippen molar-refractivity contribution in [1.82, 2.24) is 0 Å². The third-order valence-electron chi connectivity index (χ3n) is 15.2. The molecule has 0 radical (unpaired) electrons. The highest BCUT2D eigenvalue weighted by Gasteiger charge is 2.53. The zero-order valence-corrected chi connectivity index (χ0v) is 48.6. The monoisotopic (exact) mass is 1340 g/mol. The highest BCUT2D eigenvalue weighted by Crippen LogP contribution is 2.44. The van der Waals surface area contributed by atoms with Crippen LogP contribution in [0.1, 0.15) is 126 Å². The Labute approximate surface area is 499 Å². The summed E-state index contributed by atoms with van der Waals surface area (Å²) in [6, 6.07) is 10.2. The van der Waals surface area contributed by atoms with E-state index in [0.717, 1.165) is 50.3 Å². The molecule has 0 spiro atoms. The van der Waals surface area contributed by atoms with Gasteiger partial charge in [0.1, 0.15) is 91.9 Å². The van der Waals surface area contributed by atoms with E-state index in [1.54, 1.807) is 12.1 Å². The smallest absolute Gasteiger partial charge is 0.429 e. The van der Waals surface area contributed by atoms with Crippen LogP contribution in [0.5, 0.6) is 11.5 Å². The summed E-state index contributed by atoms with van der Waals surface area (Å²) in [5, 5.41) is 0. The Kier molecular flexibility index (Phi) is 21.1. The molecule has 9 rings (SSSR count). The van der Waals surface area contributed by atoms with Crippen LogP contribution in [0.3, 0.4) is 0 Å². The topological polar surface area (TPSA) is 55.4 Å². The van der Waals surface area contributed by atoms with Crippen molar-refractivity contribution in [2.75, 3.05) is 13.2 Å². The Morgan fingerprint density at radius 2 is 0.807 bits per heavy atom. The van der Waals surface area contributed by atoms with Crippen LogP contribution in [-0.2, 0) is 43.4 Å². The van der Waals surface area contributed by atoms with Crippen LogP contribution >= 0.6 is 15.9 Å². The van der Waals surface area contributed by atoms with E-state index in [-0.39, 0.29) is 52.3 Å². The third-order valence-corrected chi connectivity index (χ3v) is 15.7. The average molecular weight is 1340 g/mol. The van der Waals surface area contributed by atoms with Gasteiger partial charge in [0.15, 0.2) is 0 Å². The number of hydrogen-bond donors (Lipinski definition) is 0. The lowest BCUT2D eigenvalue weighted by molar-refractivity contribution is -0.190. The first-order valence-corrected chi connectivity index (χ1v) is 27.6. The minimum atomic E-state index is -5.47. The van der Waals surface area contributed by atoms with Crippen molar-refractivity contribution < 1.29 is 116 Å². The van der Waals surface area contributed by atoms with Crippen molar-refractivity contribution >= 4 is 28.5 Å². The fourth-order valence-electron chi connectivity index (χ4n) is 9.64. The first-order valence-electron chi connectivity index (χ1n) is 26.9. The van der Waals surface area contributed by atoms with Crippen LogP contribution in [-0.4, -0.2) is 31.5 Å². The van der Waals surface area contributed by atoms with Crippen LogP contribution in [0.4, 0.5) is 87.8 Å². The minimum Gasteiger partial charge on any atom is -0.429 e. The fourth-order valence-corrected chi connectivity index (χ4v) is 10.0. The van der Waals surface area contributed by atoms with Gasteiger partial charge in [-0.2, -0.15) is 43.9 Å². The van der Waals surface area contributed by atoms with Gasteiger partial charge in [0, 0.05) is 39.8 Å². The van der Waals surface area contributed by atoms with Gasteiger partial charge in [-0.05, 0) is 118 Å². The van der Waals surface area contributed by atoms with E-state index < -0.39 is 135 Å². The van der Waals surface area contributed by atoms with Gasteiger partial charge in [-0.25, -0.2) is 43.9 Å². The summed E-state index contributed by atoms with van der Waals surface area (Å²) >= 11 is 2.65. The average Bonchev–Trinajstić information content (AvgIpc) is 1.63. The molecule has 6 aromatic rings. The summed E-state index contributed by atoms with van der Waals surface area (Å²) < 4.78 is 304. The van der Waals surface area contributed by atoms with Gasteiger partial charge in [-0.15, -0.1) is 0 Å². The Bertz CT molecular complexity index is 3360. The number of rotatable bonds is 12. The molecule has 0 aliphatic carbocycles. The summed E-state index contributed by atoms with van der Waals surface area (Å²) in [5.41, 5.74) is -8.35. The zero-order valence-electron chi connectivity index (χ0n) is 47.0. The van der Waals surface area contributed by atoms with E-state index in [0.29, 0.717) is 60.2 Å². The largest absolute Gasteiger partial charge is 0.497 e. The molecule has 3 saturated heterocycles. The molecule has 6 nitrogen and oxygen atoms in total. The molecule has 0 saturated carbocycles. The molecule has 3 heterocycles. The molecule has 4 atom stereocenters. The van der Waals surface area contributed by atoms with E-state index in [1.165, 1.54) is 12.1 Å². The predicted molar refractivity (Wildman–Crippen MR) is 283 cm³/mol. The Hall–Kier alpha value is -6.10. The third kappa shape index (κ3) is 15.9. The van der Waals surface area contributed by atoms with E-state index >= 15 is 0 Å². The van der Waals surface area contributed by atoms with Crippen molar-refractivity contribution in [1.29, 1.82) is 0 Å². The molecule has 6 aromatic carbocycles. The first kappa shape index (κ1) is 69.4. The minimum absolute atomic E-state index is 0.00496. The molecule has 0 bridgehead atoms.